The Hall–Kier alpha value is -2.90. The molecule has 0 fully saturated rings. The standard InChI is InChI=1S/C15H15N5O3/c1-9(11-7-17-20(2)8-11)14-18-13(19-23-14)10-5-12-15(16-6-10)22-4-3-21-12/h5-9H,3-4H2,1-2H3. The van der Waals surface area contributed by atoms with Gasteiger partial charge in [-0.1, -0.05) is 5.16 Å². The highest BCUT2D eigenvalue weighted by molar-refractivity contribution is 5.57. The van der Waals surface area contributed by atoms with Crippen molar-refractivity contribution in [3.63, 3.8) is 0 Å². The minimum Gasteiger partial charge on any atom is -0.484 e. The number of hydrogen-bond donors (Lipinski definition) is 0. The predicted molar refractivity (Wildman–Crippen MR) is 79.2 cm³/mol. The number of nitrogens with zero attached hydrogens (tertiary/aromatic N) is 5. The molecular formula is C15H15N5O3. The van der Waals surface area contributed by atoms with E-state index < -0.39 is 0 Å². The molecule has 1 aliphatic rings. The molecule has 3 aromatic heterocycles. The molecule has 1 atom stereocenters. The first kappa shape index (κ1) is 13.7. The van der Waals surface area contributed by atoms with Gasteiger partial charge in [0.2, 0.25) is 11.7 Å². The van der Waals surface area contributed by atoms with E-state index in [-0.39, 0.29) is 5.92 Å². The Balaban J connectivity index is 1.62. The summed E-state index contributed by atoms with van der Waals surface area (Å²) in [6.07, 6.45) is 5.37. The van der Waals surface area contributed by atoms with E-state index in [2.05, 4.69) is 20.2 Å². The fourth-order valence-corrected chi connectivity index (χ4v) is 2.39. The topological polar surface area (TPSA) is 88.1 Å². The molecule has 0 saturated heterocycles. The molecule has 8 heteroatoms. The third kappa shape index (κ3) is 2.52. The Bertz CT molecular complexity index is 841. The molecule has 1 aliphatic heterocycles. The van der Waals surface area contributed by atoms with Crippen molar-refractivity contribution >= 4 is 0 Å². The van der Waals surface area contributed by atoms with Crippen molar-refractivity contribution in [3.8, 4) is 23.0 Å². The number of rotatable bonds is 3. The first-order valence-electron chi connectivity index (χ1n) is 7.29. The smallest absolute Gasteiger partial charge is 0.257 e. The van der Waals surface area contributed by atoms with Crippen LogP contribution >= 0.6 is 0 Å². The van der Waals surface area contributed by atoms with Gasteiger partial charge in [-0.3, -0.25) is 4.68 Å². The molecule has 0 aromatic carbocycles. The maximum absolute atomic E-state index is 5.53. The number of aryl methyl sites for hydroxylation is 1. The van der Waals surface area contributed by atoms with Crippen LogP contribution in [0.15, 0.2) is 29.2 Å². The minimum absolute atomic E-state index is 0.0323. The normalized spacial score (nSPS) is 14.7. The van der Waals surface area contributed by atoms with Crippen molar-refractivity contribution in [3.05, 3.63) is 36.1 Å². The van der Waals surface area contributed by atoms with E-state index in [0.29, 0.717) is 36.6 Å². The third-order valence-corrected chi connectivity index (χ3v) is 3.69. The molecule has 4 heterocycles. The zero-order valence-corrected chi connectivity index (χ0v) is 12.8. The highest BCUT2D eigenvalue weighted by Gasteiger charge is 2.20. The highest BCUT2D eigenvalue weighted by Crippen LogP contribution is 2.32. The van der Waals surface area contributed by atoms with Gasteiger partial charge in [-0.05, 0) is 13.0 Å². The lowest BCUT2D eigenvalue weighted by atomic mass is 10.1. The molecule has 23 heavy (non-hydrogen) atoms. The summed E-state index contributed by atoms with van der Waals surface area (Å²) >= 11 is 0. The molecule has 0 amide bonds. The van der Waals surface area contributed by atoms with Gasteiger partial charge in [-0.2, -0.15) is 10.1 Å². The second kappa shape index (κ2) is 5.38. The molecule has 3 aromatic rings. The molecule has 0 aliphatic carbocycles. The molecule has 118 valence electrons. The van der Waals surface area contributed by atoms with Gasteiger partial charge in [-0.15, -0.1) is 0 Å². The molecule has 0 bridgehead atoms. The Labute approximate surface area is 132 Å². The monoisotopic (exact) mass is 313 g/mol. The van der Waals surface area contributed by atoms with Crippen LogP contribution in [0.2, 0.25) is 0 Å². The number of fused-ring (bicyclic) bond motifs is 1. The summed E-state index contributed by atoms with van der Waals surface area (Å²) in [5, 5.41) is 8.20. The average molecular weight is 313 g/mol. The lowest BCUT2D eigenvalue weighted by Gasteiger charge is -2.16. The van der Waals surface area contributed by atoms with Crippen LogP contribution in [0, 0.1) is 0 Å². The van der Waals surface area contributed by atoms with Gasteiger partial charge in [-0.25, -0.2) is 4.98 Å². The molecule has 1 unspecified atom stereocenters. The Morgan fingerprint density at radius 3 is 2.91 bits per heavy atom. The fraction of sp³-hybridized carbons (Fsp3) is 0.333. The molecular weight excluding hydrogens is 298 g/mol. The molecule has 8 nitrogen and oxygen atoms in total. The van der Waals surface area contributed by atoms with Crippen molar-refractivity contribution in [1.82, 2.24) is 24.9 Å². The van der Waals surface area contributed by atoms with Crippen LogP contribution in [-0.4, -0.2) is 38.1 Å². The van der Waals surface area contributed by atoms with Crippen LogP contribution in [0.25, 0.3) is 11.4 Å². The number of aromatic nitrogens is 5. The first-order valence-corrected chi connectivity index (χ1v) is 7.29. The van der Waals surface area contributed by atoms with Crippen LogP contribution < -0.4 is 9.47 Å². The van der Waals surface area contributed by atoms with Crippen molar-refractivity contribution in [2.45, 2.75) is 12.8 Å². The van der Waals surface area contributed by atoms with E-state index in [1.54, 1.807) is 17.1 Å². The van der Waals surface area contributed by atoms with E-state index in [9.17, 15) is 0 Å². The fourth-order valence-electron chi connectivity index (χ4n) is 2.39. The van der Waals surface area contributed by atoms with Gasteiger partial charge in [0.1, 0.15) is 13.2 Å². The number of ether oxygens (including phenoxy) is 2. The quantitative estimate of drug-likeness (QED) is 0.728. The Morgan fingerprint density at radius 2 is 2.09 bits per heavy atom. The van der Waals surface area contributed by atoms with E-state index in [1.807, 2.05) is 26.2 Å². The van der Waals surface area contributed by atoms with Crippen molar-refractivity contribution in [2.24, 2.45) is 7.05 Å². The molecule has 0 radical (unpaired) electrons. The van der Waals surface area contributed by atoms with Crippen molar-refractivity contribution in [2.75, 3.05) is 13.2 Å². The molecule has 0 N–H and O–H groups in total. The number of pyridine rings is 1. The third-order valence-electron chi connectivity index (χ3n) is 3.69. The predicted octanol–water partition coefficient (Wildman–Crippen LogP) is 1.79. The highest BCUT2D eigenvalue weighted by atomic mass is 16.6. The van der Waals surface area contributed by atoms with Crippen LogP contribution in [0.3, 0.4) is 0 Å². The summed E-state index contributed by atoms with van der Waals surface area (Å²) in [6.45, 7) is 3.01. The molecule has 0 saturated carbocycles. The lowest BCUT2D eigenvalue weighted by Crippen LogP contribution is -2.16. The zero-order chi connectivity index (χ0) is 15.8. The van der Waals surface area contributed by atoms with Crippen molar-refractivity contribution < 1.29 is 14.0 Å². The van der Waals surface area contributed by atoms with Crippen molar-refractivity contribution in [1.29, 1.82) is 0 Å². The van der Waals surface area contributed by atoms with Gasteiger partial charge in [0, 0.05) is 30.6 Å². The summed E-state index contributed by atoms with van der Waals surface area (Å²) in [4.78, 5) is 8.69. The molecule has 4 rings (SSSR count). The maximum atomic E-state index is 5.53. The average Bonchev–Trinajstić information content (AvgIpc) is 3.23. The summed E-state index contributed by atoms with van der Waals surface area (Å²) in [5.74, 6) is 2.06. The largest absolute Gasteiger partial charge is 0.484 e. The first-order chi connectivity index (χ1) is 11.2. The summed E-state index contributed by atoms with van der Waals surface area (Å²) < 4.78 is 18.1. The maximum Gasteiger partial charge on any atom is 0.257 e. The van der Waals surface area contributed by atoms with E-state index >= 15 is 0 Å². The van der Waals surface area contributed by atoms with Crippen LogP contribution in [0.4, 0.5) is 0 Å². The zero-order valence-electron chi connectivity index (χ0n) is 12.8. The van der Waals surface area contributed by atoms with Crippen LogP contribution in [0.5, 0.6) is 11.6 Å². The minimum atomic E-state index is -0.0323. The second-order valence-electron chi connectivity index (χ2n) is 5.35. The Kier molecular flexibility index (Phi) is 3.22. The van der Waals surface area contributed by atoms with Gasteiger partial charge in [0.15, 0.2) is 5.75 Å². The van der Waals surface area contributed by atoms with Crippen LogP contribution in [0.1, 0.15) is 24.3 Å². The summed E-state index contributed by atoms with van der Waals surface area (Å²) in [5.41, 5.74) is 1.74. The SMILES string of the molecule is CC(c1cnn(C)c1)c1nc(-c2cnc3c(c2)OCCO3)no1. The van der Waals surface area contributed by atoms with E-state index in [1.165, 1.54) is 0 Å². The molecule has 0 spiro atoms. The van der Waals surface area contributed by atoms with Gasteiger partial charge in [0.05, 0.1) is 12.1 Å². The Morgan fingerprint density at radius 1 is 1.22 bits per heavy atom. The van der Waals surface area contributed by atoms with E-state index in [0.717, 1.165) is 11.1 Å². The van der Waals surface area contributed by atoms with Gasteiger partial charge >= 0.3 is 0 Å². The lowest BCUT2D eigenvalue weighted by molar-refractivity contribution is 0.164. The van der Waals surface area contributed by atoms with Crippen LogP contribution in [-0.2, 0) is 7.05 Å². The second-order valence-corrected chi connectivity index (χ2v) is 5.35. The summed E-state index contributed by atoms with van der Waals surface area (Å²) in [7, 11) is 1.87. The van der Waals surface area contributed by atoms with Gasteiger partial charge in [0.25, 0.3) is 5.88 Å². The van der Waals surface area contributed by atoms with Gasteiger partial charge < -0.3 is 14.0 Å². The number of hydrogen-bond acceptors (Lipinski definition) is 7. The summed E-state index contributed by atoms with van der Waals surface area (Å²) in [6, 6.07) is 1.81. The van der Waals surface area contributed by atoms with E-state index in [4.69, 9.17) is 14.0 Å².